The van der Waals surface area contributed by atoms with Crippen LogP contribution in [0.2, 0.25) is 0 Å². The highest BCUT2D eigenvalue weighted by Crippen LogP contribution is 2.28. The zero-order chi connectivity index (χ0) is 11.8. The molecule has 0 amide bonds. The molecule has 2 aromatic rings. The third-order valence-corrected chi connectivity index (χ3v) is 3.75. The number of nitrogens with zero attached hydrogens (tertiary/aromatic N) is 2. The second kappa shape index (κ2) is 4.27. The highest BCUT2D eigenvalue weighted by atomic mass is 79.9. The SMILES string of the molecule is Cc1ccccc1-n1nc(Br)c2c1CCOC2. The van der Waals surface area contributed by atoms with Crippen molar-refractivity contribution < 1.29 is 4.74 Å². The number of benzene rings is 1. The minimum atomic E-state index is 0.655. The molecule has 1 aliphatic rings. The van der Waals surface area contributed by atoms with Gasteiger partial charge in [-0.2, -0.15) is 5.10 Å². The molecular formula is C13H13BrN2O. The molecule has 4 heteroatoms. The Hall–Kier alpha value is -1.13. The average molecular weight is 293 g/mol. The van der Waals surface area contributed by atoms with E-state index in [1.54, 1.807) is 0 Å². The van der Waals surface area contributed by atoms with Crippen molar-refractivity contribution in [2.24, 2.45) is 0 Å². The normalized spacial score (nSPS) is 14.7. The first kappa shape index (κ1) is 11.0. The number of fused-ring (bicyclic) bond motifs is 1. The quantitative estimate of drug-likeness (QED) is 0.808. The molecule has 0 bridgehead atoms. The number of aromatic nitrogens is 2. The minimum absolute atomic E-state index is 0.655. The summed E-state index contributed by atoms with van der Waals surface area (Å²) in [5.74, 6) is 0. The molecule has 0 fully saturated rings. The molecular weight excluding hydrogens is 280 g/mol. The van der Waals surface area contributed by atoms with E-state index in [0.29, 0.717) is 6.61 Å². The molecule has 1 aliphatic heterocycles. The summed E-state index contributed by atoms with van der Waals surface area (Å²) in [5.41, 5.74) is 4.82. The molecule has 0 radical (unpaired) electrons. The molecule has 17 heavy (non-hydrogen) atoms. The van der Waals surface area contributed by atoms with Gasteiger partial charge in [0.05, 0.1) is 24.6 Å². The van der Waals surface area contributed by atoms with E-state index in [1.807, 2.05) is 16.8 Å². The van der Waals surface area contributed by atoms with Crippen LogP contribution in [-0.2, 0) is 17.8 Å². The zero-order valence-electron chi connectivity index (χ0n) is 9.61. The monoisotopic (exact) mass is 292 g/mol. The maximum absolute atomic E-state index is 5.47. The first-order chi connectivity index (χ1) is 8.27. The van der Waals surface area contributed by atoms with Crippen molar-refractivity contribution in [1.29, 1.82) is 0 Å². The molecule has 0 N–H and O–H groups in total. The molecule has 0 atom stereocenters. The van der Waals surface area contributed by atoms with Crippen molar-refractivity contribution in [2.75, 3.05) is 6.61 Å². The fraction of sp³-hybridized carbons (Fsp3) is 0.308. The largest absolute Gasteiger partial charge is 0.376 e. The van der Waals surface area contributed by atoms with Crippen LogP contribution in [0.15, 0.2) is 28.9 Å². The summed E-state index contributed by atoms with van der Waals surface area (Å²) in [6.45, 7) is 3.54. The highest BCUT2D eigenvalue weighted by Gasteiger charge is 2.21. The van der Waals surface area contributed by atoms with Crippen LogP contribution in [0.3, 0.4) is 0 Å². The molecule has 2 heterocycles. The van der Waals surface area contributed by atoms with Crippen LogP contribution < -0.4 is 0 Å². The van der Waals surface area contributed by atoms with Gasteiger partial charge in [-0.15, -0.1) is 0 Å². The standard InChI is InChI=1S/C13H13BrN2O/c1-9-4-2-3-5-11(9)16-12-6-7-17-8-10(12)13(14)15-16/h2-5H,6-8H2,1H3. The number of halogens is 1. The summed E-state index contributed by atoms with van der Waals surface area (Å²) < 4.78 is 8.41. The lowest BCUT2D eigenvalue weighted by molar-refractivity contribution is 0.109. The second-order valence-electron chi connectivity index (χ2n) is 4.22. The van der Waals surface area contributed by atoms with Gasteiger partial charge in [-0.1, -0.05) is 18.2 Å². The third kappa shape index (κ3) is 1.81. The van der Waals surface area contributed by atoms with Crippen LogP contribution in [0.25, 0.3) is 5.69 Å². The van der Waals surface area contributed by atoms with Crippen molar-refractivity contribution >= 4 is 15.9 Å². The van der Waals surface area contributed by atoms with E-state index >= 15 is 0 Å². The van der Waals surface area contributed by atoms with E-state index in [4.69, 9.17) is 4.74 Å². The van der Waals surface area contributed by atoms with Gasteiger partial charge in [-0.05, 0) is 34.5 Å². The van der Waals surface area contributed by atoms with Crippen LogP contribution in [0.1, 0.15) is 16.8 Å². The zero-order valence-corrected chi connectivity index (χ0v) is 11.2. The molecule has 3 nitrogen and oxygen atoms in total. The van der Waals surface area contributed by atoms with Crippen molar-refractivity contribution in [3.63, 3.8) is 0 Å². The molecule has 1 aromatic heterocycles. The van der Waals surface area contributed by atoms with Crippen LogP contribution in [0, 0.1) is 6.92 Å². The maximum Gasteiger partial charge on any atom is 0.134 e. The molecule has 3 rings (SSSR count). The van der Waals surface area contributed by atoms with E-state index in [2.05, 4.69) is 40.1 Å². The Kier molecular flexibility index (Phi) is 2.76. The van der Waals surface area contributed by atoms with Gasteiger partial charge in [-0.25, -0.2) is 4.68 Å². The Morgan fingerprint density at radius 1 is 1.35 bits per heavy atom. The molecule has 88 valence electrons. The average Bonchev–Trinajstić information content (AvgIpc) is 2.68. The van der Waals surface area contributed by atoms with Crippen LogP contribution in [0.4, 0.5) is 0 Å². The Morgan fingerprint density at radius 2 is 2.18 bits per heavy atom. The number of para-hydroxylation sites is 1. The van der Waals surface area contributed by atoms with Crippen LogP contribution >= 0.6 is 15.9 Å². The molecule has 0 aliphatic carbocycles. The molecule has 0 saturated carbocycles. The van der Waals surface area contributed by atoms with Gasteiger partial charge in [0.1, 0.15) is 4.60 Å². The summed E-state index contributed by atoms with van der Waals surface area (Å²) >= 11 is 3.51. The van der Waals surface area contributed by atoms with Gasteiger partial charge in [-0.3, -0.25) is 0 Å². The maximum atomic E-state index is 5.47. The summed E-state index contributed by atoms with van der Waals surface area (Å²) in [4.78, 5) is 0. The van der Waals surface area contributed by atoms with Crippen molar-refractivity contribution in [1.82, 2.24) is 9.78 Å². The van der Waals surface area contributed by atoms with Crippen LogP contribution in [0.5, 0.6) is 0 Å². The smallest absolute Gasteiger partial charge is 0.134 e. The molecule has 0 saturated heterocycles. The number of hydrogen-bond donors (Lipinski definition) is 0. The lowest BCUT2D eigenvalue weighted by Gasteiger charge is -2.15. The van der Waals surface area contributed by atoms with E-state index in [1.165, 1.54) is 16.8 Å². The van der Waals surface area contributed by atoms with Gasteiger partial charge in [0.25, 0.3) is 0 Å². The van der Waals surface area contributed by atoms with E-state index in [9.17, 15) is 0 Å². The van der Waals surface area contributed by atoms with Gasteiger partial charge in [0, 0.05) is 12.0 Å². The number of ether oxygens (including phenoxy) is 1. The van der Waals surface area contributed by atoms with E-state index < -0.39 is 0 Å². The van der Waals surface area contributed by atoms with Gasteiger partial charge >= 0.3 is 0 Å². The lowest BCUT2D eigenvalue weighted by Crippen LogP contribution is -2.13. The Morgan fingerprint density at radius 3 is 3.00 bits per heavy atom. The molecule has 0 spiro atoms. The van der Waals surface area contributed by atoms with Gasteiger partial charge < -0.3 is 4.74 Å². The Labute approximate surface area is 109 Å². The Balaban J connectivity index is 2.19. The van der Waals surface area contributed by atoms with E-state index in [-0.39, 0.29) is 0 Å². The molecule has 0 unspecified atom stereocenters. The second-order valence-corrected chi connectivity index (χ2v) is 4.97. The first-order valence-electron chi connectivity index (χ1n) is 5.67. The highest BCUT2D eigenvalue weighted by molar-refractivity contribution is 9.10. The van der Waals surface area contributed by atoms with Gasteiger partial charge in [0.2, 0.25) is 0 Å². The van der Waals surface area contributed by atoms with Crippen LogP contribution in [-0.4, -0.2) is 16.4 Å². The summed E-state index contributed by atoms with van der Waals surface area (Å²) in [7, 11) is 0. The van der Waals surface area contributed by atoms with E-state index in [0.717, 1.165) is 23.3 Å². The summed E-state index contributed by atoms with van der Waals surface area (Å²) in [6.07, 6.45) is 0.919. The predicted molar refractivity (Wildman–Crippen MR) is 69.4 cm³/mol. The molecule has 1 aromatic carbocycles. The number of rotatable bonds is 1. The van der Waals surface area contributed by atoms with Crippen molar-refractivity contribution in [3.05, 3.63) is 45.7 Å². The lowest BCUT2D eigenvalue weighted by atomic mass is 10.1. The van der Waals surface area contributed by atoms with Crippen molar-refractivity contribution in [3.8, 4) is 5.69 Å². The third-order valence-electron chi connectivity index (χ3n) is 3.11. The topological polar surface area (TPSA) is 27.1 Å². The Bertz CT molecular complexity index is 563. The first-order valence-corrected chi connectivity index (χ1v) is 6.46. The summed E-state index contributed by atoms with van der Waals surface area (Å²) in [5, 5.41) is 4.58. The van der Waals surface area contributed by atoms with Gasteiger partial charge in [0.15, 0.2) is 0 Å². The fourth-order valence-electron chi connectivity index (χ4n) is 2.20. The number of hydrogen-bond acceptors (Lipinski definition) is 2. The summed E-state index contributed by atoms with van der Waals surface area (Å²) in [6, 6.07) is 8.30. The van der Waals surface area contributed by atoms with Crippen molar-refractivity contribution in [2.45, 2.75) is 20.0 Å². The number of aryl methyl sites for hydroxylation is 1. The minimum Gasteiger partial charge on any atom is -0.376 e. The predicted octanol–water partition coefficient (Wildman–Crippen LogP) is 3.02. The fourth-order valence-corrected chi connectivity index (χ4v) is 2.70.